The summed E-state index contributed by atoms with van der Waals surface area (Å²) in [6.45, 7) is 5.47. The minimum atomic E-state index is -3.89. The van der Waals surface area contributed by atoms with Gasteiger partial charge < -0.3 is 0 Å². The summed E-state index contributed by atoms with van der Waals surface area (Å²) in [5.41, 5.74) is 3.45. The summed E-state index contributed by atoms with van der Waals surface area (Å²) in [5, 5.41) is 0.570. The first-order chi connectivity index (χ1) is 12.9. The van der Waals surface area contributed by atoms with Gasteiger partial charge >= 0.3 is 0 Å². The van der Waals surface area contributed by atoms with Crippen LogP contribution in [0.1, 0.15) is 28.7 Å². The fraction of sp³-hybridized carbons (Fsp3) is 0.368. The van der Waals surface area contributed by atoms with Crippen LogP contribution in [0.5, 0.6) is 0 Å². The van der Waals surface area contributed by atoms with E-state index < -0.39 is 20.0 Å². The van der Waals surface area contributed by atoms with Crippen molar-refractivity contribution < 1.29 is 16.8 Å². The standard InChI is InChI=1S/C19H23ClN2O4S2/c1-12-10-13(2)19(14(3)18(12)21-27(4,23)24)28(25,26)22-9-5-6-15-11-16(20)7-8-17(15)22/h7-8,10-11,21H,5-6,9H2,1-4H3. The zero-order chi connectivity index (χ0) is 20.9. The number of halogens is 1. The highest BCUT2D eigenvalue weighted by Gasteiger charge is 2.33. The van der Waals surface area contributed by atoms with E-state index in [0.717, 1.165) is 18.2 Å². The Hall–Kier alpha value is -1.77. The van der Waals surface area contributed by atoms with Crippen molar-refractivity contribution in [3.63, 3.8) is 0 Å². The summed E-state index contributed by atoms with van der Waals surface area (Å²) >= 11 is 6.07. The fourth-order valence-electron chi connectivity index (χ4n) is 3.80. The number of rotatable bonds is 4. The number of nitrogens with one attached hydrogen (secondary N) is 1. The molecule has 0 aliphatic carbocycles. The monoisotopic (exact) mass is 442 g/mol. The largest absolute Gasteiger partial charge is 0.283 e. The number of sulfonamides is 2. The number of hydrogen-bond donors (Lipinski definition) is 1. The van der Waals surface area contributed by atoms with Gasteiger partial charge in [0.25, 0.3) is 10.0 Å². The van der Waals surface area contributed by atoms with E-state index >= 15 is 0 Å². The lowest BCUT2D eigenvalue weighted by Crippen LogP contribution is -2.36. The minimum Gasteiger partial charge on any atom is -0.283 e. The van der Waals surface area contributed by atoms with Crippen molar-refractivity contribution in [3.05, 3.63) is 51.5 Å². The van der Waals surface area contributed by atoms with Crippen molar-refractivity contribution in [3.8, 4) is 0 Å². The van der Waals surface area contributed by atoms with Gasteiger partial charge in [-0.05, 0) is 74.1 Å². The van der Waals surface area contributed by atoms with Crippen LogP contribution in [0.3, 0.4) is 0 Å². The second kappa shape index (κ2) is 7.24. The molecule has 1 heterocycles. The smallest absolute Gasteiger partial charge is 0.264 e. The summed E-state index contributed by atoms with van der Waals surface area (Å²) in [7, 11) is -7.44. The molecule has 0 spiro atoms. The van der Waals surface area contributed by atoms with Crippen LogP contribution in [0.15, 0.2) is 29.2 Å². The molecule has 6 nitrogen and oxygen atoms in total. The van der Waals surface area contributed by atoms with E-state index in [1.807, 2.05) is 0 Å². The number of aryl methyl sites for hydroxylation is 3. The third kappa shape index (κ3) is 3.86. The number of fused-ring (bicyclic) bond motifs is 1. The van der Waals surface area contributed by atoms with Gasteiger partial charge in [0.15, 0.2) is 0 Å². The fourth-order valence-corrected chi connectivity index (χ4v) is 6.66. The molecule has 1 aliphatic rings. The highest BCUT2D eigenvalue weighted by atomic mass is 35.5. The second-order valence-electron chi connectivity index (χ2n) is 7.17. The van der Waals surface area contributed by atoms with Crippen LogP contribution >= 0.6 is 11.6 Å². The molecule has 0 fully saturated rings. The lowest BCUT2D eigenvalue weighted by molar-refractivity contribution is 0.585. The summed E-state index contributed by atoms with van der Waals surface area (Å²) < 4.78 is 54.6. The highest BCUT2D eigenvalue weighted by molar-refractivity contribution is 7.93. The van der Waals surface area contributed by atoms with E-state index in [9.17, 15) is 16.8 Å². The maximum absolute atomic E-state index is 13.6. The topological polar surface area (TPSA) is 83.6 Å². The molecule has 0 aromatic heterocycles. The molecule has 0 bridgehead atoms. The molecule has 152 valence electrons. The number of nitrogens with zero attached hydrogens (tertiary/aromatic N) is 1. The number of hydrogen-bond acceptors (Lipinski definition) is 4. The van der Waals surface area contributed by atoms with Crippen molar-refractivity contribution in [1.82, 2.24) is 0 Å². The molecule has 0 atom stereocenters. The van der Waals surface area contributed by atoms with E-state index in [1.54, 1.807) is 45.0 Å². The molecule has 0 unspecified atom stereocenters. The lowest BCUT2D eigenvalue weighted by atomic mass is 10.0. The van der Waals surface area contributed by atoms with E-state index in [0.29, 0.717) is 46.1 Å². The Morgan fingerprint density at radius 2 is 1.71 bits per heavy atom. The van der Waals surface area contributed by atoms with Crippen molar-refractivity contribution >= 4 is 43.0 Å². The van der Waals surface area contributed by atoms with Crippen LogP contribution in [0, 0.1) is 20.8 Å². The molecule has 2 aromatic rings. The quantitative estimate of drug-likeness (QED) is 0.780. The SMILES string of the molecule is Cc1cc(C)c(S(=O)(=O)N2CCCc3cc(Cl)ccc32)c(C)c1NS(C)(=O)=O. The molecule has 2 aromatic carbocycles. The Morgan fingerprint density at radius 1 is 1.04 bits per heavy atom. The van der Waals surface area contributed by atoms with E-state index in [4.69, 9.17) is 11.6 Å². The molecule has 0 radical (unpaired) electrons. The van der Waals surface area contributed by atoms with Gasteiger partial charge in [0.2, 0.25) is 10.0 Å². The zero-order valence-corrected chi connectivity index (χ0v) is 18.6. The van der Waals surface area contributed by atoms with Crippen LogP contribution in [0.2, 0.25) is 5.02 Å². The molecule has 1 N–H and O–H groups in total. The average Bonchev–Trinajstić information content (AvgIpc) is 2.56. The Bertz CT molecular complexity index is 1160. The van der Waals surface area contributed by atoms with Gasteiger partial charge in [-0.1, -0.05) is 17.7 Å². The molecular weight excluding hydrogens is 420 g/mol. The van der Waals surface area contributed by atoms with Crippen LogP contribution in [0.4, 0.5) is 11.4 Å². The molecule has 9 heteroatoms. The highest BCUT2D eigenvalue weighted by Crippen LogP contribution is 2.38. The molecule has 0 saturated carbocycles. The Kier molecular flexibility index (Phi) is 5.42. The third-order valence-electron chi connectivity index (χ3n) is 4.85. The molecular formula is C19H23ClN2O4S2. The number of benzene rings is 2. The molecule has 28 heavy (non-hydrogen) atoms. The normalized spacial score (nSPS) is 14.7. The number of anilines is 2. The van der Waals surface area contributed by atoms with Crippen LogP contribution < -0.4 is 9.03 Å². The first-order valence-corrected chi connectivity index (χ1v) is 12.5. The van der Waals surface area contributed by atoms with E-state index in [-0.39, 0.29) is 4.90 Å². The maximum Gasteiger partial charge on any atom is 0.264 e. The van der Waals surface area contributed by atoms with Crippen LogP contribution in [0.25, 0.3) is 0 Å². The van der Waals surface area contributed by atoms with Crippen molar-refractivity contribution in [2.45, 2.75) is 38.5 Å². The van der Waals surface area contributed by atoms with Crippen LogP contribution in [-0.2, 0) is 26.5 Å². The van der Waals surface area contributed by atoms with Gasteiger partial charge in [0, 0.05) is 11.6 Å². The maximum atomic E-state index is 13.6. The average molecular weight is 443 g/mol. The Labute approximate surface area is 171 Å². The van der Waals surface area contributed by atoms with Gasteiger partial charge in [0.05, 0.1) is 22.5 Å². The van der Waals surface area contributed by atoms with Crippen molar-refractivity contribution in [1.29, 1.82) is 0 Å². The summed E-state index contributed by atoms with van der Waals surface area (Å²) in [5.74, 6) is 0. The van der Waals surface area contributed by atoms with Gasteiger partial charge in [0.1, 0.15) is 0 Å². The van der Waals surface area contributed by atoms with Gasteiger partial charge in [-0.2, -0.15) is 0 Å². The predicted molar refractivity (Wildman–Crippen MR) is 113 cm³/mol. The third-order valence-corrected chi connectivity index (χ3v) is 7.77. The minimum absolute atomic E-state index is 0.132. The van der Waals surface area contributed by atoms with Gasteiger partial charge in [-0.25, -0.2) is 16.8 Å². The predicted octanol–water partition coefficient (Wildman–Crippen LogP) is 3.78. The van der Waals surface area contributed by atoms with Gasteiger partial charge in [-0.3, -0.25) is 9.03 Å². The van der Waals surface area contributed by atoms with Gasteiger partial charge in [-0.15, -0.1) is 0 Å². The lowest BCUT2D eigenvalue weighted by Gasteiger charge is -2.32. The zero-order valence-electron chi connectivity index (χ0n) is 16.2. The van der Waals surface area contributed by atoms with E-state index in [2.05, 4.69) is 4.72 Å². The summed E-state index contributed by atoms with van der Waals surface area (Å²) in [6.07, 6.45) is 2.49. The molecule has 3 rings (SSSR count). The first-order valence-electron chi connectivity index (χ1n) is 8.81. The Balaban J connectivity index is 2.20. The van der Waals surface area contributed by atoms with Crippen molar-refractivity contribution in [2.75, 3.05) is 21.8 Å². The summed E-state index contributed by atoms with van der Waals surface area (Å²) in [6, 6.07) is 6.90. The first kappa shape index (κ1) is 21.0. The Morgan fingerprint density at radius 3 is 2.36 bits per heavy atom. The molecule has 0 amide bonds. The second-order valence-corrected chi connectivity index (χ2v) is 11.2. The van der Waals surface area contributed by atoms with Crippen LogP contribution in [-0.4, -0.2) is 29.6 Å². The van der Waals surface area contributed by atoms with E-state index in [1.165, 1.54) is 4.31 Å². The molecule has 0 saturated heterocycles. The summed E-state index contributed by atoms with van der Waals surface area (Å²) in [4.78, 5) is 0.132. The van der Waals surface area contributed by atoms with Crippen molar-refractivity contribution in [2.24, 2.45) is 0 Å². The molecule has 1 aliphatic heterocycles.